The lowest BCUT2D eigenvalue weighted by Crippen LogP contribution is -2.09. The van der Waals surface area contributed by atoms with Crippen molar-refractivity contribution >= 4 is 10.1 Å². The first-order valence-electron chi connectivity index (χ1n) is 9.53. The Morgan fingerprint density at radius 3 is 1.83 bits per heavy atom. The van der Waals surface area contributed by atoms with Crippen molar-refractivity contribution in [2.75, 3.05) is 6.61 Å². The molecular weight excluding hydrogens is 320 g/mol. The van der Waals surface area contributed by atoms with E-state index in [1.54, 1.807) is 25.1 Å². The SMILES string of the molecule is CCCCCCCCCCCCCOS(=O)(=O)c1ccccc1C. The van der Waals surface area contributed by atoms with Crippen LogP contribution in [0.3, 0.4) is 0 Å². The van der Waals surface area contributed by atoms with Crippen molar-refractivity contribution in [1.82, 2.24) is 0 Å². The molecule has 24 heavy (non-hydrogen) atoms. The van der Waals surface area contributed by atoms with Crippen LogP contribution in [0, 0.1) is 6.92 Å². The summed E-state index contributed by atoms with van der Waals surface area (Å²) in [6, 6.07) is 6.95. The van der Waals surface area contributed by atoms with E-state index in [2.05, 4.69) is 6.92 Å². The molecule has 0 atom stereocenters. The van der Waals surface area contributed by atoms with Gasteiger partial charge in [0.15, 0.2) is 0 Å². The van der Waals surface area contributed by atoms with Crippen molar-refractivity contribution in [3.8, 4) is 0 Å². The normalized spacial score (nSPS) is 11.8. The Morgan fingerprint density at radius 1 is 0.792 bits per heavy atom. The van der Waals surface area contributed by atoms with E-state index in [0.717, 1.165) is 18.4 Å². The largest absolute Gasteiger partial charge is 0.297 e. The smallest absolute Gasteiger partial charge is 0.266 e. The van der Waals surface area contributed by atoms with E-state index in [9.17, 15) is 8.42 Å². The van der Waals surface area contributed by atoms with Crippen LogP contribution in [0.5, 0.6) is 0 Å². The molecule has 0 fully saturated rings. The van der Waals surface area contributed by atoms with Gasteiger partial charge in [0.25, 0.3) is 10.1 Å². The first-order valence-corrected chi connectivity index (χ1v) is 10.9. The Kier molecular flexibility index (Phi) is 11.0. The fourth-order valence-corrected chi connectivity index (χ4v) is 4.01. The predicted octanol–water partition coefficient (Wildman–Crippen LogP) is 6.01. The molecule has 4 heteroatoms. The summed E-state index contributed by atoms with van der Waals surface area (Å²) in [5.74, 6) is 0. The number of benzene rings is 1. The molecule has 3 nitrogen and oxygen atoms in total. The number of rotatable bonds is 14. The minimum absolute atomic E-state index is 0.285. The van der Waals surface area contributed by atoms with Gasteiger partial charge in [0.2, 0.25) is 0 Å². The van der Waals surface area contributed by atoms with Crippen LogP contribution in [-0.2, 0) is 14.3 Å². The molecule has 0 aliphatic rings. The average molecular weight is 355 g/mol. The predicted molar refractivity (Wildman–Crippen MR) is 101 cm³/mol. The van der Waals surface area contributed by atoms with Crippen LogP contribution in [0.4, 0.5) is 0 Å². The Hall–Kier alpha value is -0.870. The van der Waals surface area contributed by atoms with E-state index >= 15 is 0 Å². The van der Waals surface area contributed by atoms with E-state index in [1.165, 1.54) is 57.8 Å². The second-order valence-electron chi connectivity index (χ2n) is 6.58. The highest BCUT2D eigenvalue weighted by Crippen LogP contribution is 2.17. The number of hydrogen-bond acceptors (Lipinski definition) is 3. The molecule has 0 heterocycles. The molecule has 0 radical (unpaired) electrons. The van der Waals surface area contributed by atoms with Crippen molar-refractivity contribution in [2.45, 2.75) is 89.4 Å². The molecule has 0 bridgehead atoms. The number of aryl methyl sites for hydroxylation is 1. The van der Waals surface area contributed by atoms with Crippen LogP contribution in [0.1, 0.15) is 83.1 Å². The van der Waals surface area contributed by atoms with Crippen molar-refractivity contribution in [2.24, 2.45) is 0 Å². The van der Waals surface area contributed by atoms with E-state index in [1.807, 2.05) is 6.07 Å². The Labute approximate surface area is 148 Å². The third-order valence-corrected chi connectivity index (χ3v) is 5.82. The average Bonchev–Trinajstić information content (AvgIpc) is 2.56. The molecule has 0 N–H and O–H groups in total. The summed E-state index contributed by atoms with van der Waals surface area (Å²) in [5.41, 5.74) is 0.733. The Balaban J connectivity index is 2.03. The lowest BCUT2D eigenvalue weighted by molar-refractivity contribution is 0.306. The summed E-state index contributed by atoms with van der Waals surface area (Å²) >= 11 is 0. The zero-order valence-corrected chi connectivity index (χ0v) is 16.2. The fraction of sp³-hybridized carbons (Fsp3) is 0.700. The lowest BCUT2D eigenvalue weighted by Gasteiger charge is -2.08. The van der Waals surface area contributed by atoms with Gasteiger partial charge in [-0.25, -0.2) is 0 Å². The van der Waals surface area contributed by atoms with Crippen LogP contribution in [0.15, 0.2) is 29.2 Å². The first kappa shape index (κ1) is 21.2. The van der Waals surface area contributed by atoms with Gasteiger partial charge >= 0.3 is 0 Å². The quantitative estimate of drug-likeness (QED) is 0.303. The third-order valence-electron chi connectivity index (χ3n) is 4.35. The van der Waals surface area contributed by atoms with Gasteiger partial charge in [-0.1, -0.05) is 89.3 Å². The summed E-state index contributed by atoms with van der Waals surface area (Å²) in [6.45, 7) is 4.32. The van der Waals surface area contributed by atoms with Gasteiger partial charge in [-0.15, -0.1) is 0 Å². The summed E-state index contributed by atoms with van der Waals surface area (Å²) in [5, 5.41) is 0. The van der Waals surface area contributed by atoms with Crippen LogP contribution < -0.4 is 0 Å². The fourth-order valence-electron chi connectivity index (χ4n) is 2.84. The summed E-state index contributed by atoms with van der Waals surface area (Å²) in [6.07, 6.45) is 13.7. The Morgan fingerprint density at radius 2 is 1.29 bits per heavy atom. The molecule has 0 unspecified atom stereocenters. The zero-order chi connectivity index (χ0) is 17.7. The van der Waals surface area contributed by atoms with E-state index in [-0.39, 0.29) is 11.5 Å². The highest BCUT2D eigenvalue weighted by atomic mass is 32.2. The minimum Gasteiger partial charge on any atom is -0.266 e. The van der Waals surface area contributed by atoms with Gasteiger partial charge in [-0.2, -0.15) is 8.42 Å². The molecule has 138 valence electrons. The molecule has 0 saturated heterocycles. The first-order chi connectivity index (χ1) is 11.6. The minimum atomic E-state index is -3.60. The van der Waals surface area contributed by atoms with Crippen molar-refractivity contribution < 1.29 is 12.6 Å². The third kappa shape index (κ3) is 8.84. The Bertz CT molecular complexity index is 538. The van der Waals surface area contributed by atoms with Gasteiger partial charge in [0.1, 0.15) is 0 Å². The molecular formula is C20H34O3S. The standard InChI is InChI=1S/C20H34O3S/c1-3-4-5-6-7-8-9-10-11-12-15-18-23-24(21,22)20-17-14-13-16-19(20)2/h13-14,16-17H,3-12,15,18H2,1-2H3. The van der Waals surface area contributed by atoms with Crippen molar-refractivity contribution in [3.63, 3.8) is 0 Å². The van der Waals surface area contributed by atoms with Gasteiger partial charge < -0.3 is 0 Å². The maximum atomic E-state index is 12.1. The zero-order valence-electron chi connectivity index (χ0n) is 15.4. The maximum Gasteiger partial charge on any atom is 0.297 e. The number of hydrogen-bond donors (Lipinski definition) is 0. The second kappa shape index (κ2) is 12.5. The van der Waals surface area contributed by atoms with E-state index in [0.29, 0.717) is 0 Å². The van der Waals surface area contributed by atoms with Crippen LogP contribution in [0.2, 0.25) is 0 Å². The molecule has 1 rings (SSSR count). The molecule has 0 saturated carbocycles. The van der Waals surface area contributed by atoms with Crippen LogP contribution in [-0.4, -0.2) is 15.0 Å². The topological polar surface area (TPSA) is 43.4 Å². The van der Waals surface area contributed by atoms with Gasteiger partial charge in [-0.3, -0.25) is 4.18 Å². The molecule has 1 aromatic rings. The molecule has 0 spiro atoms. The monoisotopic (exact) mass is 354 g/mol. The highest BCUT2D eigenvalue weighted by Gasteiger charge is 2.16. The summed E-state index contributed by atoms with van der Waals surface area (Å²) in [7, 11) is -3.60. The van der Waals surface area contributed by atoms with Crippen molar-refractivity contribution in [3.05, 3.63) is 29.8 Å². The number of unbranched alkanes of at least 4 members (excludes halogenated alkanes) is 10. The summed E-state index contributed by atoms with van der Waals surface area (Å²) < 4.78 is 29.4. The van der Waals surface area contributed by atoms with Crippen LogP contribution >= 0.6 is 0 Å². The maximum absolute atomic E-state index is 12.1. The molecule has 1 aromatic carbocycles. The second-order valence-corrected chi connectivity index (χ2v) is 8.16. The molecule has 0 aromatic heterocycles. The molecule has 0 aliphatic heterocycles. The van der Waals surface area contributed by atoms with Gasteiger partial charge in [-0.05, 0) is 25.0 Å². The molecule has 0 amide bonds. The highest BCUT2D eigenvalue weighted by molar-refractivity contribution is 7.86. The van der Waals surface area contributed by atoms with Crippen molar-refractivity contribution in [1.29, 1.82) is 0 Å². The lowest BCUT2D eigenvalue weighted by atomic mass is 10.1. The van der Waals surface area contributed by atoms with E-state index in [4.69, 9.17) is 4.18 Å². The molecule has 0 aliphatic carbocycles. The van der Waals surface area contributed by atoms with E-state index < -0.39 is 10.1 Å². The summed E-state index contributed by atoms with van der Waals surface area (Å²) in [4.78, 5) is 0.285. The van der Waals surface area contributed by atoms with Gasteiger partial charge in [0, 0.05) is 0 Å². The van der Waals surface area contributed by atoms with Crippen LogP contribution in [0.25, 0.3) is 0 Å². The van der Waals surface area contributed by atoms with Gasteiger partial charge in [0.05, 0.1) is 11.5 Å².